The predicted molar refractivity (Wildman–Crippen MR) is 137 cm³/mol. The molecule has 202 valence electrons. The number of halogens is 7. The lowest BCUT2D eigenvalue weighted by atomic mass is 9.79. The highest BCUT2D eigenvalue weighted by Gasteiger charge is 2.59. The molecule has 0 spiro atoms. The maximum atomic E-state index is 16.9. The number of hydrogen-bond donors (Lipinski definition) is 1. The quantitative estimate of drug-likeness (QED) is 0.395. The van der Waals surface area contributed by atoms with Gasteiger partial charge in [0.25, 0.3) is 5.91 Å². The number of amides is 2. The summed E-state index contributed by atoms with van der Waals surface area (Å²) in [6.45, 7) is 5.76. The first-order valence-electron chi connectivity index (χ1n) is 11.6. The molecule has 2 amide bonds. The monoisotopic (exact) mass is 581 g/mol. The average Bonchev–Trinajstić information content (AvgIpc) is 2.98. The van der Waals surface area contributed by atoms with E-state index in [1.54, 1.807) is 0 Å². The Balaban J connectivity index is 0.00000380. The summed E-state index contributed by atoms with van der Waals surface area (Å²) in [7, 11) is 0. The van der Waals surface area contributed by atoms with Crippen molar-refractivity contribution in [3.63, 3.8) is 0 Å². The lowest BCUT2D eigenvalue weighted by Crippen LogP contribution is -2.49. The molecule has 0 aromatic heterocycles. The van der Waals surface area contributed by atoms with Gasteiger partial charge < -0.3 is 15.5 Å². The number of carbonyl (C=O) groups is 2. The number of carbonyl (C=O) groups excluding carboxylic acids is 2. The SMILES string of the molecule is CCN(CC)[C@H]1C[C@H](CN2C(=O)C(F)(c3ccc(Cl)cc3Cl)c3c2cc(C(N)=O)cc3C(F)(F)F)C1.Cl. The van der Waals surface area contributed by atoms with E-state index in [1.165, 1.54) is 12.1 Å². The second-order valence-electron chi connectivity index (χ2n) is 9.19. The van der Waals surface area contributed by atoms with Gasteiger partial charge in [-0.1, -0.05) is 43.1 Å². The van der Waals surface area contributed by atoms with Crippen molar-refractivity contribution < 1.29 is 27.2 Å². The molecule has 0 bridgehead atoms. The Morgan fingerprint density at radius 3 is 2.30 bits per heavy atom. The van der Waals surface area contributed by atoms with Gasteiger partial charge in [0.2, 0.25) is 11.6 Å². The molecule has 1 fully saturated rings. The first-order valence-corrected chi connectivity index (χ1v) is 12.3. The van der Waals surface area contributed by atoms with Crippen molar-refractivity contribution in [2.45, 2.75) is 44.6 Å². The maximum absolute atomic E-state index is 16.9. The van der Waals surface area contributed by atoms with Crippen LogP contribution in [0.5, 0.6) is 0 Å². The van der Waals surface area contributed by atoms with Crippen LogP contribution < -0.4 is 10.6 Å². The van der Waals surface area contributed by atoms with Crippen molar-refractivity contribution >= 4 is 53.1 Å². The number of nitrogens with zero attached hydrogens (tertiary/aromatic N) is 2. The lowest BCUT2D eigenvalue weighted by molar-refractivity contribution is -0.140. The topological polar surface area (TPSA) is 66.6 Å². The minimum absolute atomic E-state index is 0. The van der Waals surface area contributed by atoms with E-state index in [4.69, 9.17) is 28.9 Å². The maximum Gasteiger partial charge on any atom is 0.416 e. The fourth-order valence-electron chi connectivity index (χ4n) is 5.32. The number of primary amides is 1. The van der Waals surface area contributed by atoms with Crippen LogP contribution in [-0.2, 0) is 16.6 Å². The molecule has 1 heterocycles. The van der Waals surface area contributed by atoms with Gasteiger partial charge in [-0.2, -0.15) is 13.2 Å². The van der Waals surface area contributed by atoms with Crippen molar-refractivity contribution in [3.05, 3.63) is 62.6 Å². The highest BCUT2D eigenvalue weighted by Crippen LogP contribution is 2.54. The first kappa shape index (κ1) is 29.5. The van der Waals surface area contributed by atoms with Crippen molar-refractivity contribution in [1.82, 2.24) is 4.90 Å². The van der Waals surface area contributed by atoms with E-state index in [0.717, 1.165) is 30.1 Å². The molecule has 2 aliphatic rings. The average molecular weight is 583 g/mol. The largest absolute Gasteiger partial charge is 0.416 e. The number of anilines is 1. The zero-order valence-corrected chi connectivity index (χ0v) is 22.4. The molecule has 4 rings (SSSR count). The Kier molecular flexibility index (Phi) is 8.44. The summed E-state index contributed by atoms with van der Waals surface area (Å²) in [5, 5.41) is -0.157. The second kappa shape index (κ2) is 10.6. The molecule has 12 heteroatoms. The highest BCUT2D eigenvalue weighted by atomic mass is 35.5. The van der Waals surface area contributed by atoms with Crippen molar-refractivity contribution in [3.8, 4) is 0 Å². The van der Waals surface area contributed by atoms with Crippen LogP contribution in [0.25, 0.3) is 0 Å². The summed E-state index contributed by atoms with van der Waals surface area (Å²) in [5.41, 5.74) is -1.54. The van der Waals surface area contributed by atoms with Gasteiger partial charge in [0, 0.05) is 39.3 Å². The van der Waals surface area contributed by atoms with Crippen LogP contribution >= 0.6 is 35.6 Å². The van der Waals surface area contributed by atoms with Crippen LogP contribution in [0.2, 0.25) is 10.0 Å². The van der Waals surface area contributed by atoms with Crippen molar-refractivity contribution in [2.75, 3.05) is 24.5 Å². The summed E-state index contributed by atoms with van der Waals surface area (Å²) in [6, 6.07) is 5.35. The van der Waals surface area contributed by atoms with E-state index in [1.807, 2.05) is 13.8 Å². The number of hydrogen-bond acceptors (Lipinski definition) is 3. The van der Waals surface area contributed by atoms with Gasteiger partial charge in [-0.15, -0.1) is 12.4 Å². The lowest BCUT2D eigenvalue weighted by Gasteiger charge is -2.43. The van der Waals surface area contributed by atoms with E-state index in [-0.39, 0.29) is 46.6 Å². The molecule has 1 atom stereocenters. The van der Waals surface area contributed by atoms with Gasteiger partial charge in [0.15, 0.2) is 0 Å². The fraction of sp³-hybridized carbons (Fsp3) is 0.440. The van der Waals surface area contributed by atoms with Crippen molar-refractivity contribution in [2.24, 2.45) is 11.7 Å². The molecule has 1 aliphatic heterocycles. The molecular formula is C25H26Cl3F4N3O2. The molecule has 2 aromatic rings. The highest BCUT2D eigenvalue weighted by molar-refractivity contribution is 6.35. The summed E-state index contributed by atoms with van der Waals surface area (Å²) in [4.78, 5) is 28.8. The summed E-state index contributed by atoms with van der Waals surface area (Å²) in [5.74, 6) is -2.37. The molecule has 2 N–H and O–H groups in total. The van der Waals surface area contributed by atoms with Gasteiger partial charge in [-0.25, -0.2) is 4.39 Å². The zero-order chi connectivity index (χ0) is 26.6. The molecular weight excluding hydrogens is 557 g/mol. The van der Waals surface area contributed by atoms with Gasteiger partial charge in [-0.3, -0.25) is 9.59 Å². The number of rotatable bonds is 7. The van der Waals surface area contributed by atoms with E-state index < -0.39 is 45.9 Å². The van der Waals surface area contributed by atoms with Crippen LogP contribution in [0.4, 0.5) is 23.2 Å². The van der Waals surface area contributed by atoms with Crippen LogP contribution in [0, 0.1) is 5.92 Å². The third kappa shape index (κ3) is 5.03. The molecule has 1 aliphatic carbocycles. The van der Waals surface area contributed by atoms with Crippen LogP contribution in [0.1, 0.15) is 53.7 Å². The normalized spacial score (nSPS) is 23.1. The summed E-state index contributed by atoms with van der Waals surface area (Å²) >= 11 is 12.1. The molecule has 0 saturated heterocycles. The molecule has 5 nitrogen and oxygen atoms in total. The standard InChI is InChI=1S/C25H25Cl2F4N3O2.ClH/c1-3-33(4-2)16-7-13(8-16)12-34-20-10-14(22(32)35)9-18(25(29,30)31)21(20)24(28,23(34)36)17-6-5-15(26)11-19(17)27;/h5-6,9-11,13,16H,3-4,7-8,12H2,1-2H3,(H2,32,35);1H/t13-,16-,24?;. The molecule has 37 heavy (non-hydrogen) atoms. The Morgan fingerprint density at radius 2 is 1.78 bits per heavy atom. The number of nitrogens with two attached hydrogens (primary N) is 1. The van der Waals surface area contributed by atoms with Crippen LogP contribution in [-0.4, -0.2) is 42.4 Å². The van der Waals surface area contributed by atoms with Crippen LogP contribution in [0.3, 0.4) is 0 Å². The molecule has 0 radical (unpaired) electrons. The van der Waals surface area contributed by atoms with E-state index in [2.05, 4.69) is 4.90 Å². The summed E-state index contributed by atoms with van der Waals surface area (Å²) < 4.78 is 59.6. The first-order chi connectivity index (χ1) is 16.8. The summed E-state index contributed by atoms with van der Waals surface area (Å²) in [6.07, 6.45) is -3.65. The van der Waals surface area contributed by atoms with E-state index in [0.29, 0.717) is 18.9 Å². The Labute approximate surface area is 228 Å². The fourth-order valence-corrected chi connectivity index (χ4v) is 5.85. The van der Waals surface area contributed by atoms with E-state index in [9.17, 15) is 22.8 Å². The third-order valence-corrected chi connectivity index (χ3v) is 7.71. The zero-order valence-electron chi connectivity index (χ0n) is 20.0. The third-order valence-electron chi connectivity index (χ3n) is 7.17. The minimum Gasteiger partial charge on any atom is -0.366 e. The number of benzene rings is 2. The Morgan fingerprint density at radius 1 is 1.16 bits per heavy atom. The van der Waals surface area contributed by atoms with Gasteiger partial charge >= 0.3 is 6.18 Å². The van der Waals surface area contributed by atoms with Gasteiger partial charge in [0.1, 0.15) is 0 Å². The predicted octanol–water partition coefficient (Wildman–Crippen LogP) is 6.21. The number of fused-ring (bicyclic) bond motifs is 1. The minimum atomic E-state index is -5.08. The molecule has 1 unspecified atom stereocenters. The Hall–Kier alpha value is -2.07. The molecule has 2 aromatic carbocycles. The molecule has 1 saturated carbocycles. The van der Waals surface area contributed by atoms with Gasteiger partial charge in [-0.05, 0) is 56.1 Å². The van der Waals surface area contributed by atoms with Crippen molar-refractivity contribution in [1.29, 1.82) is 0 Å². The number of alkyl halides is 4. The van der Waals surface area contributed by atoms with Crippen LogP contribution in [0.15, 0.2) is 30.3 Å². The smallest absolute Gasteiger partial charge is 0.366 e. The Bertz CT molecular complexity index is 1220. The van der Waals surface area contributed by atoms with E-state index >= 15 is 4.39 Å². The van der Waals surface area contributed by atoms with Gasteiger partial charge in [0.05, 0.1) is 11.3 Å². The second-order valence-corrected chi connectivity index (χ2v) is 10.0.